The van der Waals surface area contributed by atoms with E-state index in [-0.39, 0.29) is 17.4 Å². The molecule has 0 aromatic heterocycles. The summed E-state index contributed by atoms with van der Waals surface area (Å²) in [5.41, 5.74) is 6.63. The fourth-order valence-corrected chi connectivity index (χ4v) is 3.08. The fourth-order valence-electron chi connectivity index (χ4n) is 3.08. The molecule has 1 aliphatic carbocycles. The maximum absolute atomic E-state index is 12.6. The summed E-state index contributed by atoms with van der Waals surface area (Å²) in [6.07, 6.45) is 5.22. The van der Waals surface area contributed by atoms with Crippen LogP contribution in [0, 0.1) is 5.41 Å². The largest absolute Gasteiger partial charge is 0.497 e. The average molecular weight is 290 g/mol. The minimum atomic E-state index is -0.362. The van der Waals surface area contributed by atoms with Gasteiger partial charge < -0.3 is 15.8 Å². The Balaban J connectivity index is 2.03. The third kappa shape index (κ3) is 3.56. The van der Waals surface area contributed by atoms with Crippen molar-refractivity contribution in [2.75, 3.05) is 13.7 Å². The van der Waals surface area contributed by atoms with Gasteiger partial charge in [0.2, 0.25) is 5.91 Å². The number of rotatable bonds is 5. The number of ether oxygens (including phenoxy) is 1. The Morgan fingerprint density at radius 2 is 1.90 bits per heavy atom. The van der Waals surface area contributed by atoms with Crippen LogP contribution in [0.3, 0.4) is 0 Å². The standard InChI is InChI=1S/C17H26N2O2/c1-13(14-6-8-15(21-2)9-7-14)19-16(20)17(12-18)10-4-3-5-11-17/h6-9,13H,3-5,10-12,18H2,1-2H3,(H,19,20)/t13-/m0/s1. The molecule has 0 unspecified atom stereocenters. The molecule has 1 amide bonds. The van der Waals surface area contributed by atoms with Gasteiger partial charge in [-0.25, -0.2) is 0 Å². The number of methoxy groups -OCH3 is 1. The number of nitrogens with one attached hydrogen (secondary N) is 1. The first kappa shape index (κ1) is 15.8. The Morgan fingerprint density at radius 1 is 1.29 bits per heavy atom. The Hall–Kier alpha value is -1.55. The lowest BCUT2D eigenvalue weighted by Crippen LogP contribution is -2.47. The summed E-state index contributed by atoms with van der Waals surface area (Å²) in [6, 6.07) is 7.78. The lowest BCUT2D eigenvalue weighted by Gasteiger charge is -2.35. The van der Waals surface area contributed by atoms with E-state index in [1.165, 1.54) is 6.42 Å². The highest BCUT2D eigenvalue weighted by Gasteiger charge is 2.38. The molecule has 1 saturated carbocycles. The Bertz CT molecular complexity index is 464. The van der Waals surface area contributed by atoms with Gasteiger partial charge in [-0.3, -0.25) is 4.79 Å². The molecule has 0 bridgehead atoms. The van der Waals surface area contributed by atoms with Crippen LogP contribution in [0.15, 0.2) is 24.3 Å². The lowest BCUT2D eigenvalue weighted by atomic mass is 9.73. The van der Waals surface area contributed by atoms with E-state index in [1.807, 2.05) is 31.2 Å². The third-order valence-electron chi connectivity index (χ3n) is 4.65. The smallest absolute Gasteiger partial charge is 0.227 e. The van der Waals surface area contributed by atoms with E-state index in [0.717, 1.165) is 37.0 Å². The predicted octanol–water partition coefficient (Wildman–Crippen LogP) is 2.78. The van der Waals surface area contributed by atoms with E-state index >= 15 is 0 Å². The van der Waals surface area contributed by atoms with Crippen LogP contribution in [0.5, 0.6) is 5.75 Å². The van der Waals surface area contributed by atoms with E-state index in [0.29, 0.717) is 6.54 Å². The average Bonchev–Trinajstić information content (AvgIpc) is 2.55. The summed E-state index contributed by atoms with van der Waals surface area (Å²) in [6.45, 7) is 2.45. The summed E-state index contributed by atoms with van der Waals surface area (Å²) >= 11 is 0. The zero-order valence-corrected chi connectivity index (χ0v) is 13.0. The van der Waals surface area contributed by atoms with Gasteiger partial charge >= 0.3 is 0 Å². The maximum atomic E-state index is 12.6. The number of nitrogens with two attached hydrogens (primary N) is 1. The van der Waals surface area contributed by atoms with Crippen LogP contribution in [0.4, 0.5) is 0 Å². The van der Waals surface area contributed by atoms with Crippen LogP contribution >= 0.6 is 0 Å². The van der Waals surface area contributed by atoms with Gasteiger partial charge in [-0.2, -0.15) is 0 Å². The molecule has 0 spiro atoms. The van der Waals surface area contributed by atoms with Gasteiger partial charge in [-0.15, -0.1) is 0 Å². The van der Waals surface area contributed by atoms with Gasteiger partial charge in [-0.05, 0) is 37.5 Å². The van der Waals surface area contributed by atoms with E-state index in [1.54, 1.807) is 7.11 Å². The molecule has 1 atom stereocenters. The Labute approximate surface area is 127 Å². The van der Waals surface area contributed by atoms with Crippen molar-refractivity contribution in [2.45, 2.75) is 45.1 Å². The lowest BCUT2D eigenvalue weighted by molar-refractivity contribution is -0.133. The molecule has 0 saturated heterocycles. The van der Waals surface area contributed by atoms with Crippen LogP contribution < -0.4 is 15.8 Å². The van der Waals surface area contributed by atoms with E-state index in [4.69, 9.17) is 10.5 Å². The van der Waals surface area contributed by atoms with Crippen molar-refractivity contribution in [1.82, 2.24) is 5.32 Å². The minimum absolute atomic E-state index is 0.0197. The normalized spacial score (nSPS) is 18.8. The highest BCUT2D eigenvalue weighted by atomic mass is 16.5. The molecule has 0 aliphatic heterocycles. The Morgan fingerprint density at radius 3 is 2.43 bits per heavy atom. The van der Waals surface area contributed by atoms with Gasteiger partial charge in [-0.1, -0.05) is 31.4 Å². The van der Waals surface area contributed by atoms with Crippen molar-refractivity contribution < 1.29 is 9.53 Å². The van der Waals surface area contributed by atoms with Gasteiger partial charge in [0.25, 0.3) is 0 Å². The first-order valence-corrected chi connectivity index (χ1v) is 7.76. The molecular weight excluding hydrogens is 264 g/mol. The molecule has 1 aromatic carbocycles. The van der Waals surface area contributed by atoms with Crippen LogP contribution in [0.25, 0.3) is 0 Å². The molecule has 2 rings (SSSR count). The van der Waals surface area contributed by atoms with Crippen LogP contribution in [0.2, 0.25) is 0 Å². The van der Waals surface area contributed by atoms with E-state index in [9.17, 15) is 4.79 Å². The highest BCUT2D eigenvalue weighted by Crippen LogP contribution is 2.36. The van der Waals surface area contributed by atoms with Crippen molar-refractivity contribution in [3.05, 3.63) is 29.8 Å². The van der Waals surface area contributed by atoms with E-state index in [2.05, 4.69) is 5.32 Å². The summed E-state index contributed by atoms with van der Waals surface area (Å²) < 4.78 is 5.15. The van der Waals surface area contributed by atoms with E-state index < -0.39 is 0 Å². The summed E-state index contributed by atoms with van der Waals surface area (Å²) in [5, 5.41) is 3.14. The number of hydrogen-bond donors (Lipinski definition) is 2. The molecule has 116 valence electrons. The molecule has 3 N–H and O–H groups in total. The van der Waals surface area contributed by atoms with Crippen molar-refractivity contribution in [3.8, 4) is 5.75 Å². The second kappa shape index (κ2) is 6.94. The zero-order chi connectivity index (χ0) is 15.3. The monoisotopic (exact) mass is 290 g/mol. The summed E-state index contributed by atoms with van der Waals surface area (Å²) in [4.78, 5) is 12.6. The van der Waals surface area contributed by atoms with Gasteiger partial charge in [0, 0.05) is 6.54 Å². The van der Waals surface area contributed by atoms with Crippen LogP contribution in [-0.2, 0) is 4.79 Å². The molecule has 4 nitrogen and oxygen atoms in total. The number of carbonyl (C=O) groups is 1. The summed E-state index contributed by atoms with van der Waals surface area (Å²) in [5.74, 6) is 0.927. The minimum Gasteiger partial charge on any atom is -0.497 e. The number of carbonyl (C=O) groups excluding carboxylic acids is 1. The Kier molecular flexibility index (Phi) is 5.23. The molecule has 21 heavy (non-hydrogen) atoms. The van der Waals surface area contributed by atoms with Crippen molar-refractivity contribution in [2.24, 2.45) is 11.1 Å². The van der Waals surface area contributed by atoms with Crippen molar-refractivity contribution >= 4 is 5.91 Å². The quantitative estimate of drug-likeness (QED) is 0.876. The predicted molar refractivity (Wildman–Crippen MR) is 84.1 cm³/mol. The zero-order valence-electron chi connectivity index (χ0n) is 13.0. The van der Waals surface area contributed by atoms with Crippen LogP contribution in [-0.4, -0.2) is 19.6 Å². The molecular formula is C17H26N2O2. The van der Waals surface area contributed by atoms with Gasteiger partial charge in [0.1, 0.15) is 5.75 Å². The maximum Gasteiger partial charge on any atom is 0.227 e. The summed E-state index contributed by atoms with van der Waals surface area (Å²) in [7, 11) is 1.65. The van der Waals surface area contributed by atoms with Gasteiger partial charge in [0.15, 0.2) is 0 Å². The van der Waals surface area contributed by atoms with Crippen molar-refractivity contribution in [3.63, 3.8) is 0 Å². The van der Waals surface area contributed by atoms with Gasteiger partial charge in [0.05, 0.1) is 18.6 Å². The molecule has 1 aliphatic rings. The van der Waals surface area contributed by atoms with Crippen LogP contribution in [0.1, 0.15) is 50.6 Å². The fraction of sp³-hybridized carbons (Fsp3) is 0.588. The SMILES string of the molecule is COc1ccc([C@H](C)NC(=O)C2(CN)CCCCC2)cc1. The van der Waals surface area contributed by atoms with Crippen molar-refractivity contribution in [1.29, 1.82) is 0 Å². The number of benzene rings is 1. The number of hydrogen-bond acceptors (Lipinski definition) is 3. The molecule has 1 aromatic rings. The molecule has 4 heteroatoms. The highest BCUT2D eigenvalue weighted by molar-refractivity contribution is 5.83. The molecule has 0 radical (unpaired) electrons. The second-order valence-electron chi connectivity index (χ2n) is 6.01. The molecule has 0 heterocycles. The topological polar surface area (TPSA) is 64.3 Å². The first-order valence-electron chi connectivity index (χ1n) is 7.76. The first-order chi connectivity index (χ1) is 10.1. The third-order valence-corrected chi connectivity index (χ3v) is 4.65. The molecule has 1 fully saturated rings. The number of amides is 1. The second-order valence-corrected chi connectivity index (χ2v) is 6.01.